The monoisotopic (exact) mass is 800 g/mol. The van der Waals surface area contributed by atoms with Gasteiger partial charge in [0.15, 0.2) is 0 Å². The van der Waals surface area contributed by atoms with Crippen LogP contribution in [0.3, 0.4) is 0 Å². The number of anilines is 3. The number of ether oxygens (including phenoxy) is 1. The zero-order valence-electron chi connectivity index (χ0n) is 30.3. The molecule has 4 heterocycles. The first-order valence-electron chi connectivity index (χ1n) is 18.0. The summed E-state index contributed by atoms with van der Waals surface area (Å²) < 4.78 is 19.2. The van der Waals surface area contributed by atoms with E-state index in [0.717, 1.165) is 10.5 Å². The van der Waals surface area contributed by atoms with Gasteiger partial charge < -0.3 is 25.2 Å². The van der Waals surface area contributed by atoms with E-state index < -0.39 is 17.8 Å². The Labute approximate surface area is 330 Å². The Morgan fingerprint density at radius 3 is 2.68 bits per heavy atom. The van der Waals surface area contributed by atoms with Crippen LogP contribution in [-0.4, -0.2) is 106 Å². The Kier molecular flexibility index (Phi) is 11.8. The van der Waals surface area contributed by atoms with E-state index in [2.05, 4.69) is 30.8 Å². The van der Waals surface area contributed by atoms with Crippen LogP contribution in [0.15, 0.2) is 71.9 Å². The normalized spacial score (nSPS) is 17.3. The van der Waals surface area contributed by atoms with Gasteiger partial charge in [-0.15, -0.1) is 11.8 Å². The number of halogens is 2. The van der Waals surface area contributed by atoms with E-state index in [4.69, 9.17) is 16.3 Å². The number of aromatic nitrogens is 2. The molecule has 0 spiro atoms. The standard InChI is InChI=1S/C39H38ClFN8O6S/c1-55-32-20-29-25(37(43-22-42-29)44-23-7-8-28(41)27(40)18-23)19-30(32)45-34(50)6-3-12-47-13-15-48(16-14-47)36(52)11-17-56-33-5-2-4-24-26(33)21-49(39(24)54)31-9-10-35(51)46-38(31)53/h2-8,18-20,22,31H,9-17,21H2,1H3,(H,45,50)(H,42,43,44)(H,46,51,53)/b6-3+. The number of amides is 5. The molecule has 3 aliphatic rings. The first-order chi connectivity index (χ1) is 27.1. The Bertz CT molecular complexity index is 2250. The summed E-state index contributed by atoms with van der Waals surface area (Å²) in [5, 5.41) is 8.88. The van der Waals surface area contributed by atoms with Crippen LogP contribution in [0.2, 0.25) is 5.02 Å². The minimum atomic E-state index is -0.677. The van der Waals surface area contributed by atoms with Gasteiger partial charge in [0.2, 0.25) is 23.6 Å². The SMILES string of the molecule is COc1cc2ncnc(Nc3ccc(F)c(Cl)c3)c2cc1NC(=O)/C=C/CN1CCN(C(=O)CCSc2cccc3c2CN(C2CCC(=O)NC2=O)C3=O)CC1. The van der Waals surface area contributed by atoms with Crippen LogP contribution in [-0.2, 0) is 25.7 Å². The van der Waals surface area contributed by atoms with Crippen molar-refractivity contribution in [3.05, 3.63) is 89.0 Å². The van der Waals surface area contributed by atoms with Crippen LogP contribution >= 0.6 is 23.4 Å². The van der Waals surface area contributed by atoms with E-state index in [0.29, 0.717) is 90.7 Å². The smallest absolute Gasteiger partial charge is 0.255 e. The third-order valence-corrected chi connectivity index (χ3v) is 11.3. The summed E-state index contributed by atoms with van der Waals surface area (Å²) in [5.41, 5.74) is 2.90. The maximum Gasteiger partial charge on any atom is 0.255 e. The number of thioether (sulfide) groups is 1. The molecule has 3 N–H and O–H groups in total. The summed E-state index contributed by atoms with van der Waals surface area (Å²) in [5.74, 6) is -0.459. The van der Waals surface area contributed by atoms with E-state index >= 15 is 0 Å². The summed E-state index contributed by atoms with van der Waals surface area (Å²) in [7, 11) is 1.49. The average molecular weight is 801 g/mol. The maximum absolute atomic E-state index is 13.7. The number of benzene rings is 3. The van der Waals surface area contributed by atoms with Gasteiger partial charge in [0.25, 0.3) is 5.91 Å². The first-order valence-corrected chi connectivity index (χ1v) is 19.4. The molecule has 290 valence electrons. The van der Waals surface area contributed by atoms with Crippen molar-refractivity contribution in [2.45, 2.75) is 36.7 Å². The van der Waals surface area contributed by atoms with Gasteiger partial charge in [0, 0.05) is 91.5 Å². The molecular weight excluding hydrogens is 763 g/mol. The molecule has 2 saturated heterocycles. The van der Waals surface area contributed by atoms with Crippen molar-refractivity contribution in [1.29, 1.82) is 0 Å². The van der Waals surface area contributed by atoms with Crippen molar-refractivity contribution in [1.82, 2.24) is 30.0 Å². The molecule has 4 aromatic rings. The maximum atomic E-state index is 13.7. The van der Waals surface area contributed by atoms with Gasteiger partial charge >= 0.3 is 0 Å². The quantitative estimate of drug-likeness (QED) is 0.103. The van der Waals surface area contributed by atoms with Crippen molar-refractivity contribution in [3.8, 4) is 5.75 Å². The van der Waals surface area contributed by atoms with Gasteiger partial charge in [-0.3, -0.25) is 34.2 Å². The number of piperazine rings is 1. The topological polar surface area (TPSA) is 166 Å². The van der Waals surface area contributed by atoms with Crippen molar-refractivity contribution >= 4 is 81.0 Å². The molecule has 1 unspecified atom stereocenters. The number of nitrogens with zero attached hydrogens (tertiary/aromatic N) is 5. The molecule has 0 bridgehead atoms. The Balaban J connectivity index is 0.872. The highest BCUT2D eigenvalue weighted by Gasteiger charge is 2.40. The van der Waals surface area contributed by atoms with Crippen molar-refractivity contribution in [3.63, 3.8) is 0 Å². The lowest BCUT2D eigenvalue weighted by Gasteiger charge is -2.34. The fourth-order valence-corrected chi connectivity index (χ4v) is 8.12. The van der Waals surface area contributed by atoms with Gasteiger partial charge in [-0.2, -0.15) is 0 Å². The summed E-state index contributed by atoms with van der Waals surface area (Å²) in [6.45, 7) is 3.26. The third-order valence-electron chi connectivity index (χ3n) is 9.87. The highest BCUT2D eigenvalue weighted by Crippen LogP contribution is 2.36. The summed E-state index contributed by atoms with van der Waals surface area (Å²) in [6, 6.07) is 12.4. The second-order valence-electron chi connectivity index (χ2n) is 13.4. The van der Waals surface area contributed by atoms with Crippen LogP contribution in [0.25, 0.3) is 10.9 Å². The average Bonchev–Trinajstić information content (AvgIpc) is 3.52. The van der Waals surface area contributed by atoms with Crippen LogP contribution in [0, 0.1) is 5.82 Å². The van der Waals surface area contributed by atoms with Crippen molar-refractivity contribution in [2.75, 3.05) is 56.2 Å². The second-order valence-corrected chi connectivity index (χ2v) is 14.9. The largest absolute Gasteiger partial charge is 0.494 e. The molecule has 0 radical (unpaired) electrons. The molecule has 3 aliphatic heterocycles. The Morgan fingerprint density at radius 2 is 1.91 bits per heavy atom. The lowest BCUT2D eigenvalue weighted by atomic mass is 10.0. The molecule has 0 aliphatic carbocycles. The number of hydrogen-bond acceptors (Lipinski definition) is 11. The van der Waals surface area contributed by atoms with Gasteiger partial charge in [-0.05, 0) is 48.4 Å². The number of carbonyl (C=O) groups excluding carboxylic acids is 5. The second kappa shape index (κ2) is 17.1. The fourth-order valence-electron chi connectivity index (χ4n) is 6.92. The highest BCUT2D eigenvalue weighted by molar-refractivity contribution is 7.99. The number of nitrogens with one attached hydrogen (secondary N) is 3. The van der Waals surface area contributed by atoms with E-state index in [9.17, 15) is 28.4 Å². The minimum absolute atomic E-state index is 0.0347. The van der Waals surface area contributed by atoms with Gasteiger partial charge in [-0.1, -0.05) is 23.7 Å². The first kappa shape index (κ1) is 38.7. The lowest BCUT2D eigenvalue weighted by Crippen LogP contribution is -2.52. The van der Waals surface area contributed by atoms with Crippen LogP contribution < -0.4 is 20.7 Å². The number of rotatable bonds is 12. The predicted molar refractivity (Wildman–Crippen MR) is 209 cm³/mol. The van der Waals surface area contributed by atoms with Crippen molar-refractivity contribution < 1.29 is 33.1 Å². The number of piperidine rings is 1. The molecule has 14 nitrogen and oxygen atoms in total. The third kappa shape index (κ3) is 8.62. The number of hydrogen-bond donors (Lipinski definition) is 3. The van der Waals surface area contributed by atoms with Gasteiger partial charge in [0.05, 0.1) is 23.3 Å². The zero-order chi connectivity index (χ0) is 39.3. The lowest BCUT2D eigenvalue weighted by molar-refractivity contribution is -0.137. The zero-order valence-corrected chi connectivity index (χ0v) is 31.9. The molecule has 17 heteroatoms. The summed E-state index contributed by atoms with van der Waals surface area (Å²) >= 11 is 7.46. The molecule has 1 atom stereocenters. The van der Waals surface area contributed by atoms with Crippen LogP contribution in [0.4, 0.5) is 21.6 Å². The van der Waals surface area contributed by atoms with E-state index in [1.165, 1.54) is 54.4 Å². The Hall–Kier alpha value is -5.58. The fraction of sp³-hybridized carbons (Fsp3) is 0.308. The molecule has 5 amide bonds. The van der Waals surface area contributed by atoms with E-state index in [-0.39, 0.29) is 41.6 Å². The molecule has 7 rings (SSSR count). The van der Waals surface area contributed by atoms with E-state index in [1.807, 2.05) is 17.0 Å². The van der Waals surface area contributed by atoms with Gasteiger partial charge in [0.1, 0.15) is 29.8 Å². The highest BCUT2D eigenvalue weighted by atomic mass is 35.5. The summed E-state index contributed by atoms with van der Waals surface area (Å²) in [6.07, 6.45) is 5.45. The summed E-state index contributed by atoms with van der Waals surface area (Å²) in [4.78, 5) is 78.3. The Morgan fingerprint density at radius 1 is 1.09 bits per heavy atom. The van der Waals surface area contributed by atoms with Gasteiger partial charge in [-0.25, -0.2) is 14.4 Å². The number of carbonyl (C=O) groups is 5. The van der Waals surface area contributed by atoms with E-state index in [1.54, 1.807) is 24.3 Å². The number of imide groups is 1. The minimum Gasteiger partial charge on any atom is -0.494 e. The number of methoxy groups -OCH3 is 1. The number of fused-ring (bicyclic) bond motifs is 2. The molecule has 3 aromatic carbocycles. The molecule has 56 heavy (non-hydrogen) atoms. The molecular formula is C39H38ClFN8O6S. The van der Waals surface area contributed by atoms with Crippen molar-refractivity contribution in [2.24, 2.45) is 0 Å². The van der Waals surface area contributed by atoms with Crippen LogP contribution in [0.5, 0.6) is 5.75 Å². The molecule has 0 saturated carbocycles. The molecule has 2 fully saturated rings. The predicted octanol–water partition coefficient (Wildman–Crippen LogP) is 4.76. The van der Waals surface area contributed by atoms with Crippen LogP contribution in [0.1, 0.15) is 35.2 Å². The molecule has 1 aromatic heterocycles.